The first kappa shape index (κ1) is 17.4. The van der Waals surface area contributed by atoms with E-state index in [0.29, 0.717) is 13.2 Å². The Hall–Kier alpha value is -2.45. The van der Waals surface area contributed by atoms with E-state index in [0.717, 1.165) is 12.2 Å². The second-order valence-corrected chi connectivity index (χ2v) is 6.23. The molecule has 8 heteroatoms. The third kappa shape index (κ3) is 3.97. The smallest absolute Gasteiger partial charge is 0.250 e. The van der Waals surface area contributed by atoms with Gasteiger partial charge in [-0.1, -0.05) is 6.07 Å². The number of ether oxygens (including phenoxy) is 1. The SMILES string of the molecule is CN1CCO[C@@H](CNC(=O)Cn2ccccc2=O)[C@@H]1c1cncn1C. The molecule has 3 heterocycles. The Labute approximate surface area is 146 Å². The summed E-state index contributed by atoms with van der Waals surface area (Å²) < 4.78 is 9.24. The van der Waals surface area contributed by atoms with Crippen LogP contribution in [-0.4, -0.2) is 57.8 Å². The highest BCUT2D eigenvalue weighted by molar-refractivity contribution is 5.75. The third-order valence-electron chi connectivity index (χ3n) is 4.47. The van der Waals surface area contributed by atoms with Crippen LogP contribution in [0.1, 0.15) is 11.7 Å². The highest BCUT2D eigenvalue weighted by Gasteiger charge is 2.33. The van der Waals surface area contributed by atoms with Crippen molar-refractivity contribution in [2.75, 3.05) is 26.7 Å². The number of imidazole rings is 1. The largest absolute Gasteiger partial charge is 0.373 e. The molecular weight excluding hydrogens is 322 g/mol. The number of pyridine rings is 1. The summed E-state index contributed by atoms with van der Waals surface area (Å²) in [7, 11) is 3.99. The molecule has 2 aromatic rings. The number of carbonyl (C=O) groups is 1. The van der Waals surface area contributed by atoms with Crippen LogP contribution in [-0.2, 0) is 23.1 Å². The van der Waals surface area contributed by atoms with Gasteiger partial charge in [-0.05, 0) is 13.1 Å². The van der Waals surface area contributed by atoms with Crippen molar-refractivity contribution in [2.45, 2.75) is 18.7 Å². The maximum Gasteiger partial charge on any atom is 0.250 e. The topological polar surface area (TPSA) is 81.4 Å². The summed E-state index contributed by atoms with van der Waals surface area (Å²) in [6, 6.07) is 4.83. The number of nitrogens with one attached hydrogen (secondary N) is 1. The molecule has 0 saturated carbocycles. The number of aryl methyl sites for hydroxylation is 1. The molecule has 25 heavy (non-hydrogen) atoms. The molecule has 1 aliphatic rings. The number of rotatable bonds is 5. The van der Waals surface area contributed by atoms with Gasteiger partial charge in [0.1, 0.15) is 6.54 Å². The molecule has 0 spiro atoms. The van der Waals surface area contributed by atoms with Gasteiger partial charge < -0.3 is 19.2 Å². The number of carbonyl (C=O) groups excluding carboxylic acids is 1. The Kier molecular flexibility index (Phi) is 5.30. The van der Waals surface area contributed by atoms with Gasteiger partial charge >= 0.3 is 0 Å². The first-order valence-corrected chi connectivity index (χ1v) is 8.26. The van der Waals surface area contributed by atoms with Crippen molar-refractivity contribution in [3.63, 3.8) is 0 Å². The lowest BCUT2D eigenvalue weighted by atomic mass is 10.0. The van der Waals surface area contributed by atoms with Crippen LogP contribution in [0.4, 0.5) is 0 Å². The van der Waals surface area contributed by atoms with Gasteiger partial charge in [-0.15, -0.1) is 0 Å². The standard InChI is InChI=1S/C17H23N5O3/c1-20-7-8-25-14(17(20)13-9-18-12-21(13)2)10-19-15(23)11-22-6-4-3-5-16(22)24/h3-6,9,12,14,17H,7-8,10-11H2,1-2H3,(H,19,23)/t14-,17-/m0/s1. The maximum atomic E-state index is 12.2. The van der Waals surface area contributed by atoms with Crippen LogP contribution in [0.15, 0.2) is 41.7 Å². The summed E-state index contributed by atoms with van der Waals surface area (Å²) in [4.78, 5) is 30.3. The Morgan fingerprint density at radius 2 is 2.24 bits per heavy atom. The minimum atomic E-state index is -0.214. The van der Waals surface area contributed by atoms with Crippen molar-refractivity contribution in [2.24, 2.45) is 7.05 Å². The fourth-order valence-corrected chi connectivity index (χ4v) is 3.12. The van der Waals surface area contributed by atoms with E-state index < -0.39 is 0 Å². The first-order chi connectivity index (χ1) is 12.1. The zero-order valence-corrected chi connectivity index (χ0v) is 14.5. The van der Waals surface area contributed by atoms with E-state index >= 15 is 0 Å². The predicted molar refractivity (Wildman–Crippen MR) is 92.0 cm³/mol. The molecular formula is C17H23N5O3. The van der Waals surface area contributed by atoms with E-state index in [1.54, 1.807) is 24.7 Å². The summed E-state index contributed by atoms with van der Waals surface area (Å²) in [6.45, 7) is 1.81. The van der Waals surface area contributed by atoms with E-state index in [1.165, 1.54) is 10.6 Å². The van der Waals surface area contributed by atoms with Crippen molar-refractivity contribution in [1.82, 2.24) is 24.3 Å². The number of likely N-dealkylation sites (N-methyl/N-ethyl adjacent to an activating group) is 1. The molecule has 1 amide bonds. The van der Waals surface area contributed by atoms with Gasteiger partial charge in [0.15, 0.2) is 0 Å². The minimum absolute atomic E-state index is 0.00138. The Bertz CT molecular complexity index is 784. The molecule has 1 N–H and O–H groups in total. The Balaban J connectivity index is 1.64. The van der Waals surface area contributed by atoms with Gasteiger partial charge in [-0.2, -0.15) is 0 Å². The summed E-state index contributed by atoms with van der Waals surface area (Å²) in [5.74, 6) is -0.214. The van der Waals surface area contributed by atoms with Crippen molar-refractivity contribution in [3.8, 4) is 0 Å². The van der Waals surface area contributed by atoms with Crippen LogP contribution in [0.5, 0.6) is 0 Å². The van der Waals surface area contributed by atoms with Crippen LogP contribution in [0.2, 0.25) is 0 Å². The predicted octanol–water partition coefficient (Wildman–Crippen LogP) is -0.230. The maximum absolute atomic E-state index is 12.2. The zero-order chi connectivity index (χ0) is 17.8. The lowest BCUT2D eigenvalue weighted by molar-refractivity contribution is -0.123. The average molecular weight is 345 g/mol. The molecule has 3 rings (SSSR count). The highest BCUT2D eigenvalue weighted by atomic mass is 16.5. The number of hydrogen-bond donors (Lipinski definition) is 1. The first-order valence-electron chi connectivity index (χ1n) is 8.26. The summed E-state index contributed by atoms with van der Waals surface area (Å²) in [5.41, 5.74) is 0.847. The minimum Gasteiger partial charge on any atom is -0.373 e. The number of hydrogen-bond acceptors (Lipinski definition) is 5. The second kappa shape index (κ2) is 7.62. The van der Waals surface area contributed by atoms with E-state index in [9.17, 15) is 9.59 Å². The Morgan fingerprint density at radius 3 is 2.96 bits per heavy atom. The van der Waals surface area contributed by atoms with Crippen LogP contribution >= 0.6 is 0 Å². The van der Waals surface area contributed by atoms with Crippen LogP contribution in [0, 0.1) is 0 Å². The summed E-state index contributed by atoms with van der Waals surface area (Å²) in [5, 5.41) is 2.88. The van der Waals surface area contributed by atoms with E-state index in [-0.39, 0.29) is 30.2 Å². The lowest BCUT2D eigenvalue weighted by Gasteiger charge is -2.39. The normalized spacial score (nSPS) is 21.2. The number of aromatic nitrogens is 3. The molecule has 1 saturated heterocycles. The fourth-order valence-electron chi connectivity index (χ4n) is 3.12. The Morgan fingerprint density at radius 1 is 1.40 bits per heavy atom. The van der Waals surface area contributed by atoms with Gasteiger partial charge in [0.25, 0.3) is 5.56 Å². The molecule has 0 aromatic carbocycles. The molecule has 134 valence electrons. The molecule has 2 aromatic heterocycles. The van der Waals surface area contributed by atoms with E-state index in [1.807, 2.05) is 24.9 Å². The molecule has 0 aliphatic carbocycles. The highest BCUT2D eigenvalue weighted by Crippen LogP contribution is 2.27. The van der Waals surface area contributed by atoms with Crippen LogP contribution in [0.25, 0.3) is 0 Å². The molecule has 2 atom stereocenters. The third-order valence-corrected chi connectivity index (χ3v) is 4.47. The molecule has 0 radical (unpaired) electrons. The second-order valence-electron chi connectivity index (χ2n) is 6.23. The van der Waals surface area contributed by atoms with Gasteiger partial charge in [0, 0.05) is 38.6 Å². The molecule has 8 nitrogen and oxygen atoms in total. The van der Waals surface area contributed by atoms with Crippen molar-refractivity contribution < 1.29 is 9.53 Å². The molecule has 0 unspecified atom stereocenters. The van der Waals surface area contributed by atoms with Crippen molar-refractivity contribution in [1.29, 1.82) is 0 Å². The monoisotopic (exact) mass is 345 g/mol. The fraction of sp³-hybridized carbons (Fsp3) is 0.471. The molecule has 1 fully saturated rings. The number of morpholine rings is 1. The van der Waals surface area contributed by atoms with Crippen LogP contribution in [0.3, 0.4) is 0 Å². The van der Waals surface area contributed by atoms with Crippen molar-refractivity contribution >= 4 is 5.91 Å². The zero-order valence-electron chi connectivity index (χ0n) is 14.5. The quantitative estimate of drug-likeness (QED) is 0.810. The van der Waals surface area contributed by atoms with Gasteiger partial charge in [0.2, 0.25) is 5.91 Å². The average Bonchev–Trinajstić information content (AvgIpc) is 3.01. The van der Waals surface area contributed by atoms with Crippen molar-refractivity contribution in [3.05, 3.63) is 53.0 Å². The summed E-state index contributed by atoms with van der Waals surface area (Å²) >= 11 is 0. The van der Waals surface area contributed by atoms with Gasteiger partial charge in [-0.25, -0.2) is 4.98 Å². The lowest BCUT2D eigenvalue weighted by Crippen LogP contribution is -2.49. The molecule has 0 bridgehead atoms. The number of nitrogens with zero attached hydrogens (tertiary/aromatic N) is 4. The van der Waals surface area contributed by atoms with Gasteiger partial charge in [0.05, 0.1) is 30.8 Å². The number of amides is 1. The van der Waals surface area contributed by atoms with Crippen LogP contribution < -0.4 is 10.9 Å². The molecule has 1 aliphatic heterocycles. The van der Waals surface area contributed by atoms with E-state index in [2.05, 4.69) is 15.2 Å². The van der Waals surface area contributed by atoms with E-state index in [4.69, 9.17) is 4.74 Å². The summed E-state index contributed by atoms with van der Waals surface area (Å²) in [6.07, 6.45) is 5.01. The van der Waals surface area contributed by atoms with Gasteiger partial charge in [-0.3, -0.25) is 14.5 Å².